The lowest BCUT2D eigenvalue weighted by Crippen LogP contribution is -1.95. The van der Waals surface area contributed by atoms with E-state index in [2.05, 4.69) is 54.1 Å². The van der Waals surface area contributed by atoms with Gasteiger partial charge in [0.2, 0.25) is 0 Å². The molecule has 0 amide bonds. The Kier molecular flexibility index (Phi) is 5.72. The topological polar surface area (TPSA) is 4.93 Å². The molecular formula is C14H19NS2. The Bertz CT molecular complexity index is 453. The molecule has 0 N–H and O–H groups in total. The van der Waals surface area contributed by atoms with Crippen molar-refractivity contribution in [2.24, 2.45) is 7.05 Å². The van der Waals surface area contributed by atoms with E-state index in [0.717, 1.165) is 4.91 Å². The lowest BCUT2D eigenvalue weighted by atomic mass is 10.3. The Hall–Kier alpha value is -0.800. The Labute approximate surface area is 113 Å². The zero-order chi connectivity index (χ0) is 12.8. The molecule has 0 saturated heterocycles. The summed E-state index contributed by atoms with van der Waals surface area (Å²) in [5.41, 5.74) is 2.53. The molecule has 1 nitrogen and oxygen atoms in total. The van der Waals surface area contributed by atoms with E-state index in [1.807, 2.05) is 13.8 Å². The van der Waals surface area contributed by atoms with Crippen molar-refractivity contribution in [1.82, 2.24) is 4.57 Å². The minimum absolute atomic E-state index is 1.09. The predicted molar refractivity (Wildman–Crippen MR) is 82.9 cm³/mol. The SMILES string of the molecule is C=C1C=C(c2ccc(C)n2C)SC=CS1.CC. The Balaban J connectivity index is 0.000000686. The zero-order valence-electron chi connectivity index (χ0n) is 10.9. The third-order valence-electron chi connectivity index (χ3n) is 2.39. The van der Waals surface area contributed by atoms with E-state index in [4.69, 9.17) is 0 Å². The average Bonchev–Trinajstić information content (AvgIpc) is 2.55. The molecule has 1 aliphatic rings. The maximum atomic E-state index is 4.00. The summed E-state index contributed by atoms with van der Waals surface area (Å²) in [6.45, 7) is 10.1. The van der Waals surface area contributed by atoms with Crippen LogP contribution in [0, 0.1) is 6.92 Å². The van der Waals surface area contributed by atoms with Crippen molar-refractivity contribution >= 4 is 28.4 Å². The summed E-state index contributed by atoms with van der Waals surface area (Å²) < 4.78 is 2.20. The van der Waals surface area contributed by atoms with Gasteiger partial charge in [-0.3, -0.25) is 0 Å². The van der Waals surface area contributed by atoms with Gasteiger partial charge in [-0.1, -0.05) is 44.0 Å². The Morgan fingerprint density at radius 3 is 2.35 bits per heavy atom. The van der Waals surface area contributed by atoms with Crippen molar-refractivity contribution in [3.8, 4) is 0 Å². The van der Waals surface area contributed by atoms with E-state index in [1.54, 1.807) is 23.5 Å². The molecule has 0 bridgehead atoms. The van der Waals surface area contributed by atoms with Crippen LogP contribution in [0.3, 0.4) is 0 Å². The van der Waals surface area contributed by atoms with Crippen molar-refractivity contribution < 1.29 is 0 Å². The highest BCUT2D eigenvalue weighted by Crippen LogP contribution is 2.36. The van der Waals surface area contributed by atoms with E-state index in [9.17, 15) is 0 Å². The van der Waals surface area contributed by atoms with Gasteiger partial charge in [-0.2, -0.15) is 0 Å². The lowest BCUT2D eigenvalue weighted by molar-refractivity contribution is 0.870. The van der Waals surface area contributed by atoms with Crippen LogP contribution < -0.4 is 0 Å². The first kappa shape index (κ1) is 14.3. The fourth-order valence-electron chi connectivity index (χ4n) is 1.43. The van der Waals surface area contributed by atoms with Gasteiger partial charge >= 0.3 is 0 Å². The fraction of sp³-hybridized carbons (Fsp3) is 0.286. The number of rotatable bonds is 1. The van der Waals surface area contributed by atoms with Crippen LogP contribution in [0.4, 0.5) is 0 Å². The van der Waals surface area contributed by atoms with Crippen LogP contribution in [-0.4, -0.2) is 4.57 Å². The first-order chi connectivity index (χ1) is 8.18. The summed E-state index contributed by atoms with van der Waals surface area (Å²) in [5, 5.41) is 4.18. The normalized spacial score (nSPS) is 14.8. The second kappa shape index (κ2) is 6.82. The molecule has 0 fully saturated rings. The summed E-state index contributed by atoms with van der Waals surface area (Å²) in [4.78, 5) is 2.35. The van der Waals surface area contributed by atoms with Crippen LogP contribution in [0.5, 0.6) is 0 Å². The molecule has 3 heteroatoms. The van der Waals surface area contributed by atoms with Crippen molar-refractivity contribution in [3.05, 3.63) is 51.9 Å². The molecule has 2 heterocycles. The van der Waals surface area contributed by atoms with Crippen molar-refractivity contribution in [2.75, 3.05) is 0 Å². The maximum Gasteiger partial charge on any atom is 0.0548 e. The van der Waals surface area contributed by atoms with Gasteiger partial charge < -0.3 is 4.57 Å². The van der Waals surface area contributed by atoms with E-state index in [-0.39, 0.29) is 0 Å². The number of thioether (sulfide) groups is 2. The van der Waals surface area contributed by atoms with E-state index in [0.29, 0.717) is 0 Å². The van der Waals surface area contributed by atoms with Crippen LogP contribution in [0.25, 0.3) is 4.91 Å². The first-order valence-electron chi connectivity index (χ1n) is 5.70. The van der Waals surface area contributed by atoms with Crippen LogP contribution >= 0.6 is 23.5 Å². The van der Waals surface area contributed by atoms with Gasteiger partial charge in [0, 0.05) is 22.6 Å². The highest BCUT2D eigenvalue weighted by Gasteiger charge is 2.09. The average molecular weight is 265 g/mol. The molecule has 1 aliphatic heterocycles. The molecule has 1 aromatic rings. The fourth-order valence-corrected chi connectivity index (χ4v) is 2.99. The number of aryl methyl sites for hydroxylation is 1. The van der Waals surface area contributed by atoms with Crippen LogP contribution in [0.15, 0.2) is 40.5 Å². The Morgan fingerprint density at radius 2 is 1.76 bits per heavy atom. The second-order valence-electron chi connectivity index (χ2n) is 3.40. The molecule has 0 unspecified atom stereocenters. The van der Waals surface area contributed by atoms with Gasteiger partial charge in [0.15, 0.2) is 0 Å². The minimum Gasteiger partial charge on any atom is -0.348 e. The molecule has 92 valence electrons. The summed E-state index contributed by atoms with van der Waals surface area (Å²) in [6, 6.07) is 4.30. The molecule has 1 aromatic heterocycles. The number of aromatic nitrogens is 1. The first-order valence-corrected chi connectivity index (χ1v) is 7.46. The lowest BCUT2D eigenvalue weighted by Gasteiger charge is -2.06. The van der Waals surface area contributed by atoms with Crippen molar-refractivity contribution in [2.45, 2.75) is 20.8 Å². The summed E-state index contributed by atoms with van der Waals surface area (Å²) >= 11 is 3.41. The molecule has 0 radical (unpaired) electrons. The van der Waals surface area contributed by atoms with Gasteiger partial charge in [0.25, 0.3) is 0 Å². The molecule has 0 spiro atoms. The third-order valence-corrected chi connectivity index (χ3v) is 4.11. The number of allylic oxidation sites excluding steroid dienone is 1. The summed E-state index contributed by atoms with van der Waals surface area (Å²) in [7, 11) is 2.09. The van der Waals surface area contributed by atoms with Crippen LogP contribution in [-0.2, 0) is 7.05 Å². The van der Waals surface area contributed by atoms with E-state index >= 15 is 0 Å². The molecule has 17 heavy (non-hydrogen) atoms. The van der Waals surface area contributed by atoms with Gasteiger partial charge in [-0.15, -0.1) is 0 Å². The predicted octanol–water partition coefficient (Wildman–Crippen LogP) is 5.17. The Morgan fingerprint density at radius 1 is 1.12 bits per heavy atom. The van der Waals surface area contributed by atoms with Crippen LogP contribution in [0.1, 0.15) is 25.2 Å². The number of hydrogen-bond donors (Lipinski definition) is 0. The van der Waals surface area contributed by atoms with E-state index in [1.165, 1.54) is 16.3 Å². The molecular weight excluding hydrogens is 246 g/mol. The second-order valence-corrected chi connectivity index (χ2v) is 5.38. The van der Waals surface area contributed by atoms with Crippen LogP contribution in [0.2, 0.25) is 0 Å². The van der Waals surface area contributed by atoms with Crippen molar-refractivity contribution in [3.63, 3.8) is 0 Å². The highest BCUT2D eigenvalue weighted by atomic mass is 32.2. The molecule has 0 saturated carbocycles. The molecule has 0 atom stereocenters. The number of hydrogen-bond acceptors (Lipinski definition) is 2. The molecule has 0 aliphatic carbocycles. The quantitative estimate of drug-likeness (QED) is 0.690. The zero-order valence-corrected chi connectivity index (χ0v) is 12.5. The largest absolute Gasteiger partial charge is 0.348 e. The van der Waals surface area contributed by atoms with Crippen molar-refractivity contribution in [1.29, 1.82) is 0 Å². The van der Waals surface area contributed by atoms with E-state index < -0.39 is 0 Å². The number of nitrogens with zero attached hydrogens (tertiary/aromatic N) is 1. The van der Waals surface area contributed by atoms with Gasteiger partial charge in [0.1, 0.15) is 0 Å². The summed E-state index contributed by atoms with van der Waals surface area (Å²) in [6.07, 6.45) is 2.14. The molecule has 0 aromatic carbocycles. The minimum atomic E-state index is 1.09. The highest BCUT2D eigenvalue weighted by molar-refractivity contribution is 8.13. The van der Waals surface area contributed by atoms with Gasteiger partial charge in [-0.05, 0) is 35.9 Å². The van der Waals surface area contributed by atoms with Gasteiger partial charge in [0.05, 0.1) is 5.69 Å². The maximum absolute atomic E-state index is 4.00. The van der Waals surface area contributed by atoms with Gasteiger partial charge in [-0.25, -0.2) is 0 Å². The smallest absolute Gasteiger partial charge is 0.0548 e. The third kappa shape index (κ3) is 3.58. The standard InChI is InChI=1S/C12H13NS2.C2H6/c1-9-4-5-11(13(9)3)12-8-10(2)14-6-7-15-12;1-2/h4-8H,2H2,1,3H3;1-2H3. The summed E-state index contributed by atoms with van der Waals surface area (Å²) in [5.74, 6) is 0. The monoisotopic (exact) mass is 265 g/mol. The molecule has 2 rings (SSSR count).